The zero-order valence-electron chi connectivity index (χ0n) is 12.8. The van der Waals surface area contributed by atoms with Gasteiger partial charge in [-0.3, -0.25) is 0 Å². The second kappa shape index (κ2) is 5.65. The lowest BCUT2D eigenvalue weighted by atomic mass is 10.0. The Morgan fingerprint density at radius 2 is 2.05 bits per heavy atom. The topological polar surface area (TPSA) is 19.0 Å². The Morgan fingerprint density at radius 3 is 2.86 bits per heavy atom. The van der Waals surface area contributed by atoms with Gasteiger partial charge in [-0.1, -0.05) is 31.7 Å². The summed E-state index contributed by atoms with van der Waals surface area (Å²) in [6.07, 6.45) is 8.65. The predicted molar refractivity (Wildman–Crippen MR) is 90.0 cm³/mol. The summed E-state index contributed by atoms with van der Waals surface area (Å²) in [4.78, 5) is 5.69. The van der Waals surface area contributed by atoms with Gasteiger partial charge in [-0.2, -0.15) is 0 Å². The first-order chi connectivity index (χ1) is 10.2. The van der Waals surface area contributed by atoms with Gasteiger partial charge >= 0.3 is 0 Å². The zero-order valence-corrected chi connectivity index (χ0v) is 12.8. The normalized spacial score (nSPS) is 15.3. The fraction of sp³-hybridized carbons (Fsp3) is 0.263. The maximum absolute atomic E-state index is 4.13. The first-order valence-corrected chi connectivity index (χ1v) is 7.59. The molecule has 1 N–H and O–H groups in total. The third-order valence-electron chi connectivity index (χ3n) is 4.24. The minimum atomic E-state index is 1.00. The van der Waals surface area contributed by atoms with E-state index in [1.807, 2.05) is 0 Å². The average molecular weight is 278 g/mol. The van der Waals surface area contributed by atoms with E-state index in [0.717, 1.165) is 25.0 Å². The van der Waals surface area contributed by atoms with E-state index in [-0.39, 0.29) is 0 Å². The summed E-state index contributed by atoms with van der Waals surface area (Å²) in [5.74, 6) is 0. The Balaban J connectivity index is 1.77. The van der Waals surface area contributed by atoms with Gasteiger partial charge in [0.1, 0.15) is 0 Å². The summed E-state index contributed by atoms with van der Waals surface area (Å²) < 4.78 is 0. The summed E-state index contributed by atoms with van der Waals surface area (Å²) >= 11 is 0. The van der Waals surface area contributed by atoms with E-state index in [4.69, 9.17) is 0 Å². The van der Waals surface area contributed by atoms with Crippen molar-refractivity contribution >= 4 is 10.9 Å². The monoisotopic (exact) mass is 278 g/mol. The van der Waals surface area contributed by atoms with E-state index < -0.39 is 0 Å². The Labute approximate surface area is 126 Å². The smallest absolute Gasteiger partial charge is 0.0456 e. The molecule has 1 aromatic heterocycles. The SMILES string of the molecule is C=C1C=C(C)N(CCc2c[nH]c3ccccc23)C=C1CC. The van der Waals surface area contributed by atoms with Crippen LogP contribution in [0, 0.1) is 0 Å². The molecule has 0 unspecified atom stereocenters. The number of H-pyrrole nitrogens is 1. The van der Waals surface area contributed by atoms with Crippen LogP contribution < -0.4 is 0 Å². The minimum Gasteiger partial charge on any atom is -0.361 e. The molecule has 21 heavy (non-hydrogen) atoms. The van der Waals surface area contributed by atoms with Crippen LogP contribution in [-0.2, 0) is 6.42 Å². The van der Waals surface area contributed by atoms with Gasteiger partial charge in [0.05, 0.1) is 0 Å². The van der Waals surface area contributed by atoms with Crippen molar-refractivity contribution in [3.05, 3.63) is 71.7 Å². The molecule has 0 atom stereocenters. The molecule has 108 valence electrons. The van der Waals surface area contributed by atoms with E-state index in [1.54, 1.807) is 0 Å². The molecule has 1 aliphatic rings. The number of para-hydroxylation sites is 1. The molecule has 2 heterocycles. The lowest BCUT2D eigenvalue weighted by Gasteiger charge is -2.27. The first kappa shape index (κ1) is 13.7. The van der Waals surface area contributed by atoms with Crippen molar-refractivity contribution in [3.8, 4) is 0 Å². The molecular weight excluding hydrogens is 256 g/mol. The van der Waals surface area contributed by atoms with Crippen LogP contribution in [0.5, 0.6) is 0 Å². The molecule has 3 rings (SSSR count). The van der Waals surface area contributed by atoms with Gasteiger partial charge in [-0.25, -0.2) is 0 Å². The van der Waals surface area contributed by atoms with Crippen LogP contribution in [0.1, 0.15) is 25.8 Å². The number of benzene rings is 1. The molecule has 1 aromatic carbocycles. The van der Waals surface area contributed by atoms with Crippen LogP contribution in [0.3, 0.4) is 0 Å². The Kier molecular flexibility index (Phi) is 3.70. The summed E-state index contributed by atoms with van der Waals surface area (Å²) in [5.41, 5.74) is 6.36. The maximum atomic E-state index is 4.13. The fourth-order valence-electron chi connectivity index (χ4n) is 2.94. The van der Waals surface area contributed by atoms with Crippen LogP contribution in [0.4, 0.5) is 0 Å². The van der Waals surface area contributed by atoms with E-state index in [2.05, 4.69) is 73.0 Å². The van der Waals surface area contributed by atoms with Gasteiger partial charge in [0.2, 0.25) is 0 Å². The molecule has 0 amide bonds. The third kappa shape index (κ3) is 2.66. The number of nitrogens with zero attached hydrogens (tertiary/aromatic N) is 1. The van der Waals surface area contributed by atoms with Crippen molar-refractivity contribution in [1.29, 1.82) is 0 Å². The van der Waals surface area contributed by atoms with Gasteiger partial charge in [0.15, 0.2) is 0 Å². The molecular formula is C19H22N2. The molecule has 2 nitrogen and oxygen atoms in total. The van der Waals surface area contributed by atoms with Crippen molar-refractivity contribution in [3.63, 3.8) is 0 Å². The maximum Gasteiger partial charge on any atom is 0.0456 e. The van der Waals surface area contributed by atoms with E-state index >= 15 is 0 Å². The van der Waals surface area contributed by atoms with Crippen LogP contribution in [0.15, 0.2) is 66.2 Å². The van der Waals surface area contributed by atoms with Gasteiger partial charge in [-0.05, 0) is 48.6 Å². The second-order valence-corrected chi connectivity index (χ2v) is 5.62. The van der Waals surface area contributed by atoms with E-state index in [1.165, 1.54) is 27.7 Å². The number of hydrogen-bond donors (Lipinski definition) is 1. The molecule has 0 aliphatic carbocycles. The van der Waals surface area contributed by atoms with E-state index in [0.29, 0.717) is 0 Å². The molecule has 0 fully saturated rings. The first-order valence-electron chi connectivity index (χ1n) is 7.59. The lowest BCUT2D eigenvalue weighted by Crippen LogP contribution is -2.21. The molecule has 2 heteroatoms. The predicted octanol–water partition coefficient (Wildman–Crippen LogP) is 4.78. The average Bonchev–Trinajstić information content (AvgIpc) is 2.90. The number of aromatic amines is 1. The van der Waals surface area contributed by atoms with Crippen LogP contribution >= 0.6 is 0 Å². The number of aromatic nitrogens is 1. The van der Waals surface area contributed by atoms with Crippen LogP contribution in [0.2, 0.25) is 0 Å². The van der Waals surface area contributed by atoms with Crippen molar-refractivity contribution in [2.24, 2.45) is 0 Å². The minimum absolute atomic E-state index is 1.00. The number of allylic oxidation sites excluding steroid dienone is 4. The molecule has 0 saturated carbocycles. The highest BCUT2D eigenvalue weighted by molar-refractivity contribution is 5.83. The summed E-state index contributed by atoms with van der Waals surface area (Å²) in [7, 11) is 0. The van der Waals surface area contributed by atoms with Gasteiger partial charge < -0.3 is 9.88 Å². The van der Waals surface area contributed by atoms with Crippen molar-refractivity contribution < 1.29 is 0 Å². The van der Waals surface area contributed by atoms with Crippen LogP contribution in [-0.4, -0.2) is 16.4 Å². The fourth-order valence-corrected chi connectivity index (χ4v) is 2.94. The third-order valence-corrected chi connectivity index (χ3v) is 4.24. The molecule has 0 bridgehead atoms. The molecule has 1 aliphatic heterocycles. The zero-order chi connectivity index (χ0) is 14.8. The highest BCUT2D eigenvalue weighted by Crippen LogP contribution is 2.25. The molecule has 0 radical (unpaired) electrons. The van der Waals surface area contributed by atoms with Crippen LogP contribution in [0.25, 0.3) is 10.9 Å². The Bertz CT molecular complexity index is 731. The van der Waals surface area contributed by atoms with E-state index in [9.17, 15) is 0 Å². The van der Waals surface area contributed by atoms with Crippen molar-refractivity contribution in [1.82, 2.24) is 9.88 Å². The summed E-state index contributed by atoms with van der Waals surface area (Å²) in [6, 6.07) is 8.49. The Morgan fingerprint density at radius 1 is 1.24 bits per heavy atom. The number of fused-ring (bicyclic) bond motifs is 1. The van der Waals surface area contributed by atoms with Crippen molar-refractivity contribution in [2.45, 2.75) is 26.7 Å². The summed E-state index contributed by atoms with van der Waals surface area (Å²) in [6.45, 7) is 9.47. The van der Waals surface area contributed by atoms with Gasteiger partial charge in [0.25, 0.3) is 0 Å². The Hall–Kier alpha value is -2.22. The van der Waals surface area contributed by atoms with Gasteiger partial charge in [0, 0.05) is 35.5 Å². The number of rotatable bonds is 4. The summed E-state index contributed by atoms with van der Waals surface area (Å²) in [5, 5.41) is 1.33. The molecule has 2 aromatic rings. The highest BCUT2D eigenvalue weighted by Gasteiger charge is 2.13. The standard InChI is InChI=1S/C19H22N2/c1-4-16-13-21(15(3)11-14(16)2)10-9-17-12-20-19-8-6-5-7-18(17)19/h5-8,11-13,20H,2,4,9-10H2,1,3H3. The van der Waals surface area contributed by atoms with Crippen molar-refractivity contribution in [2.75, 3.05) is 6.54 Å². The molecule has 0 spiro atoms. The lowest BCUT2D eigenvalue weighted by molar-refractivity contribution is 0.460. The number of nitrogens with one attached hydrogen (secondary N) is 1. The van der Waals surface area contributed by atoms with Gasteiger partial charge in [-0.15, -0.1) is 0 Å². The quantitative estimate of drug-likeness (QED) is 0.852. The second-order valence-electron chi connectivity index (χ2n) is 5.62. The molecule has 0 saturated heterocycles. The largest absolute Gasteiger partial charge is 0.361 e. The highest BCUT2D eigenvalue weighted by atomic mass is 15.1. The number of hydrogen-bond acceptors (Lipinski definition) is 1.